The van der Waals surface area contributed by atoms with Crippen LogP contribution in [0.15, 0.2) is 48.5 Å². The summed E-state index contributed by atoms with van der Waals surface area (Å²) in [4.78, 5) is 26.0. The average Bonchev–Trinajstić information content (AvgIpc) is 3.05. The van der Waals surface area contributed by atoms with Crippen LogP contribution in [0.2, 0.25) is 0 Å². The molecule has 0 atom stereocenters. The Morgan fingerprint density at radius 2 is 1.56 bits per heavy atom. The molecule has 2 amide bonds. The van der Waals surface area contributed by atoms with Gasteiger partial charge in [0.05, 0.1) is 0 Å². The molecule has 0 unspecified atom stereocenters. The quantitative estimate of drug-likeness (QED) is 0.908. The number of benzene rings is 2. The molecule has 0 radical (unpaired) electrons. The summed E-state index contributed by atoms with van der Waals surface area (Å²) >= 11 is 0. The minimum atomic E-state index is -0.285. The molecule has 5 heteroatoms. The molecule has 1 aliphatic carbocycles. The maximum atomic E-state index is 12.5. The summed E-state index contributed by atoms with van der Waals surface area (Å²) in [5.74, 6) is 0.125. The number of nitrogens with one attached hydrogen (secondary N) is 1. The van der Waals surface area contributed by atoms with Gasteiger partial charge in [-0.15, -0.1) is 0 Å². The number of hydrogen-bond donors (Lipinski definition) is 1. The van der Waals surface area contributed by atoms with Crippen molar-refractivity contribution in [3.63, 3.8) is 0 Å². The Labute approximate surface area is 159 Å². The second kappa shape index (κ2) is 7.43. The van der Waals surface area contributed by atoms with Gasteiger partial charge in [-0.25, -0.2) is 4.79 Å². The largest absolute Gasteiger partial charge is 0.448 e. The highest BCUT2D eigenvalue weighted by molar-refractivity contribution is 5.80. The van der Waals surface area contributed by atoms with E-state index in [4.69, 9.17) is 4.74 Å². The fourth-order valence-corrected chi connectivity index (χ4v) is 4.21. The first kappa shape index (κ1) is 17.6. The monoisotopic (exact) mass is 364 g/mol. The predicted octanol–water partition coefficient (Wildman–Crippen LogP) is 3.39. The average molecular weight is 364 g/mol. The van der Waals surface area contributed by atoms with E-state index in [9.17, 15) is 9.59 Å². The van der Waals surface area contributed by atoms with E-state index in [1.54, 1.807) is 11.9 Å². The summed E-state index contributed by atoms with van der Waals surface area (Å²) in [5, 5.41) is 2.69. The molecule has 2 aromatic rings. The molecule has 27 heavy (non-hydrogen) atoms. The molecule has 2 aliphatic rings. The molecule has 1 heterocycles. The van der Waals surface area contributed by atoms with Gasteiger partial charge in [0.25, 0.3) is 0 Å². The number of nitrogens with zero attached hydrogens (tertiary/aromatic N) is 1. The van der Waals surface area contributed by atoms with Crippen LogP contribution in [0.5, 0.6) is 0 Å². The smallest absolute Gasteiger partial charge is 0.409 e. The number of likely N-dealkylation sites (tertiary alicyclic amines) is 1. The van der Waals surface area contributed by atoms with Crippen LogP contribution in [-0.2, 0) is 9.53 Å². The van der Waals surface area contributed by atoms with Gasteiger partial charge in [-0.1, -0.05) is 48.5 Å². The van der Waals surface area contributed by atoms with Crippen molar-refractivity contribution in [2.45, 2.75) is 18.8 Å². The minimum absolute atomic E-state index is 0.00682. The number of carbonyl (C=O) groups excluding carboxylic acids is 2. The molecule has 4 rings (SSSR count). The number of amides is 2. The van der Waals surface area contributed by atoms with Gasteiger partial charge in [-0.05, 0) is 35.1 Å². The van der Waals surface area contributed by atoms with Crippen molar-refractivity contribution in [2.75, 3.05) is 26.7 Å². The second-order valence-electron chi connectivity index (χ2n) is 7.18. The number of rotatable bonds is 3. The maximum Gasteiger partial charge on any atom is 0.409 e. The Kier molecular flexibility index (Phi) is 4.84. The summed E-state index contributed by atoms with van der Waals surface area (Å²) in [6, 6.07) is 16.6. The molecule has 2 aromatic carbocycles. The van der Waals surface area contributed by atoms with Crippen molar-refractivity contribution < 1.29 is 14.3 Å². The third-order valence-electron chi connectivity index (χ3n) is 5.71. The van der Waals surface area contributed by atoms with Gasteiger partial charge >= 0.3 is 6.09 Å². The van der Waals surface area contributed by atoms with Crippen LogP contribution in [0.4, 0.5) is 4.79 Å². The summed E-state index contributed by atoms with van der Waals surface area (Å²) in [6.07, 6.45) is 1.08. The first-order valence-corrected chi connectivity index (χ1v) is 9.50. The number of ether oxygens (including phenoxy) is 1. The lowest BCUT2D eigenvalue weighted by Gasteiger charge is -2.30. The molecule has 0 bridgehead atoms. The predicted molar refractivity (Wildman–Crippen MR) is 103 cm³/mol. The zero-order valence-electron chi connectivity index (χ0n) is 15.5. The molecular weight excluding hydrogens is 340 g/mol. The number of piperidine rings is 1. The Morgan fingerprint density at radius 3 is 2.11 bits per heavy atom. The standard InChI is InChI=1S/C22H24N2O3/c1-23-21(25)15-10-12-24(13-11-15)22(26)27-14-20-18-8-4-2-6-16(18)17-7-3-5-9-19(17)20/h2-9,15,20H,10-14H2,1H3,(H,23,25). The minimum Gasteiger partial charge on any atom is -0.448 e. The van der Waals surface area contributed by atoms with E-state index in [0.29, 0.717) is 32.5 Å². The van der Waals surface area contributed by atoms with Crippen molar-refractivity contribution in [1.29, 1.82) is 0 Å². The topological polar surface area (TPSA) is 58.6 Å². The van der Waals surface area contributed by atoms with Crippen molar-refractivity contribution in [2.24, 2.45) is 5.92 Å². The van der Waals surface area contributed by atoms with E-state index >= 15 is 0 Å². The van der Waals surface area contributed by atoms with E-state index in [1.165, 1.54) is 22.3 Å². The van der Waals surface area contributed by atoms with Crippen LogP contribution < -0.4 is 5.32 Å². The van der Waals surface area contributed by atoms with Crippen LogP contribution in [-0.4, -0.2) is 43.6 Å². The lowest BCUT2D eigenvalue weighted by molar-refractivity contribution is -0.125. The SMILES string of the molecule is CNC(=O)C1CCN(C(=O)OCC2c3ccccc3-c3ccccc32)CC1. The van der Waals surface area contributed by atoms with Gasteiger partial charge in [0.2, 0.25) is 5.91 Å². The van der Waals surface area contributed by atoms with E-state index < -0.39 is 0 Å². The molecular formula is C22H24N2O3. The van der Waals surface area contributed by atoms with Crippen LogP contribution in [0.3, 0.4) is 0 Å². The second-order valence-corrected chi connectivity index (χ2v) is 7.18. The van der Waals surface area contributed by atoms with E-state index in [0.717, 1.165) is 0 Å². The third-order valence-corrected chi connectivity index (χ3v) is 5.71. The van der Waals surface area contributed by atoms with Crippen molar-refractivity contribution in [3.8, 4) is 11.1 Å². The van der Waals surface area contributed by atoms with E-state index in [1.807, 2.05) is 24.3 Å². The fourth-order valence-electron chi connectivity index (χ4n) is 4.21. The molecule has 1 aliphatic heterocycles. The Morgan fingerprint density at radius 1 is 1.00 bits per heavy atom. The number of fused-ring (bicyclic) bond motifs is 3. The molecule has 0 saturated carbocycles. The molecule has 140 valence electrons. The molecule has 1 saturated heterocycles. The molecule has 1 fully saturated rings. The van der Waals surface area contributed by atoms with E-state index in [2.05, 4.69) is 29.6 Å². The Balaban J connectivity index is 1.41. The van der Waals surface area contributed by atoms with Crippen molar-refractivity contribution in [1.82, 2.24) is 10.2 Å². The highest BCUT2D eigenvalue weighted by atomic mass is 16.6. The highest BCUT2D eigenvalue weighted by Gasteiger charge is 2.31. The lowest BCUT2D eigenvalue weighted by atomic mass is 9.96. The fraction of sp³-hybridized carbons (Fsp3) is 0.364. The van der Waals surface area contributed by atoms with Crippen LogP contribution >= 0.6 is 0 Å². The van der Waals surface area contributed by atoms with Gasteiger partial charge in [0.15, 0.2) is 0 Å². The van der Waals surface area contributed by atoms with Crippen molar-refractivity contribution in [3.05, 3.63) is 59.7 Å². The van der Waals surface area contributed by atoms with Gasteiger partial charge in [0, 0.05) is 32.0 Å². The summed E-state index contributed by atoms with van der Waals surface area (Å²) in [6.45, 7) is 1.46. The molecule has 0 spiro atoms. The first-order valence-electron chi connectivity index (χ1n) is 9.50. The summed E-state index contributed by atoms with van der Waals surface area (Å²) in [5.41, 5.74) is 4.87. The maximum absolute atomic E-state index is 12.5. The summed E-state index contributed by atoms with van der Waals surface area (Å²) < 4.78 is 5.69. The van der Waals surface area contributed by atoms with Gasteiger partial charge < -0.3 is 15.0 Å². The summed E-state index contributed by atoms with van der Waals surface area (Å²) in [7, 11) is 1.65. The Bertz CT molecular complexity index is 811. The Hall–Kier alpha value is -2.82. The third kappa shape index (κ3) is 3.29. The van der Waals surface area contributed by atoms with Crippen LogP contribution in [0.25, 0.3) is 11.1 Å². The number of carbonyl (C=O) groups is 2. The molecule has 1 N–H and O–H groups in total. The molecule has 0 aromatic heterocycles. The van der Waals surface area contributed by atoms with Crippen molar-refractivity contribution >= 4 is 12.0 Å². The van der Waals surface area contributed by atoms with Crippen LogP contribution in [0, 0.1) is 5.92 Å². The van der Waals surface area contributed by atoms with Crippen LogP contribution in [0.1, 0.15) is 29.9 Å². The van der Waals surface area contributed by atoms with Gasteiger partial charge in [0.1, 0.15) is 6.61 Å². The normalized spacial score (nSPS) is 16.6. The van der Waals surface area contributed by atoms with Gasteiger partial charge in [-0.2, -0.15) is 0 Å². The van der Waals surface area contributed by atoms with E-state index in [-0.39, 0.29) is 23.8 Å². The number of hydrogen-bond acceptors (Lipinski definition) is 3. The zero-order valence-corrected chi connectivity index (χ0v) is 15.5. The van der Waals surface area contributed by atoms with Gasteiger partial charge in [-0.3, -0.25) is 4.79 Å². The first-order chi connectivity index (χ1) is 13.2. The highest BCUT2D eigenvalue weighted by Crippen LogP contribution is 2.44. The lowest BCUT2D eigenvalue weighted by Crippen LogP contribution is -2.42. The molecule has 5 nitrogen and oxygen atoms in total. The zero-order chi connectivity index (χ0) is 18.8.